The number of piperidine rings is 1. The van der Waals surface area contributed by atoms with E-state index in [0.29, 0.717) is 38.2 Å². The Bertz CT molecular complexity index is 696. The molecule has 7 nitrogen and oxygen atoms in total. The quantitative estimate of drug-likeness (QED) is 0.529. The number of carbonyl (C=O) groups excluding carboxylic acids is 3. The normalized spacial score (nSPS) is 25.7. The van der Waals surface area contributed by atoms with Crippen LogP contribution in [0.4, 0.5) is 5.69 Å². The molecule has 1 atom stereocenters. The zero-order chi connectivity index (χ0) is 19.4. The minimum atomic E-state index is -0.369. The number of primary amides is 1. The number of likely N-dealkylation sites (tertiary alicyclic amines) is 1. The number of hydrogen-bond donors (Lipinski definition) is 2. The summed E-state index contributed by atoms with van der Waals surface area (Å²) >= 11 is 0. The first-order valence-corrected chi connectivity index (χ1v) is 9.74. The Balaban J connectivity index is 1.63. The second kappa shape index (κ2) is 8.52. The number of carbonyl (C=O) groups is 3. The second-order valence-electron chi connectivity index (χ2n) is 7.35. The van der Waals surface area contributed by atoms with Gasteiger partial charge < -0.3 is 15.4 Å². The number of benzene rings is 1. The van der Waals surface area contributed by atoms with Crippen LogP contribution in [0.1, 0.15) is 39.0 Å². The molecule has 7 heteroatoms. The highest BCUT2D eigenvalue weighted by Gasteiger charge is 2.46. The van der Waals surface area contributed by atoms with Crippen LogP contribution in [-0.2, 0) is 14.4 Å². The van der Waals surface area contributed by atoms with Crippen molar-refractivity contribution in [3.63, 3.8) is 0 Å². The number of anilines is 1. The van der Waals surface area contributed by atoms with E-state index >= 15 is 0 Å². The molecule has 0 bridgehead atoms. The number of nitrogens with one attached hydrogen (secondary N) is 1. The molecule has 2 aliphatic heterocycles. The summed E-state index contributed by atoms with van der Waals surface area (Å²) in [7, 11) is 0. The van der Waals surface area contributed by atoms with E-state index in [-0.39, 0.29) is 36.1 Å². The molecule has 3 rings (SSSR count). The van der Waals surface area contributed by atoms with Crippen LogP contribution in [0.5, 0.6) is 5.75 Å². The highest BCUT2D eigenvalue weighted by Crippen LogP contribution is 2.25. The van der Waals surface area contributed by atoms with Gasteiger partial charge in [-0.2, -0.15) is 0 Å². The number of rotatable bonds is 7. The van der Waals surface area contributed by atoms with Crippen molar-refractivity contribution in [1.82, 2.24) is 0 Å². The molecule has 0 unspecified atom stereocenters. The van der Waals surface area contributed by atoms with Gasteiger partial charge in [-0.25, -0.2) is 4.90 Å². The summed E-state index contributed by atoms with van der Waals surface area (Å²) in [6.07, 6.45) is 3.61. The van der Waals surface area contributed by atoms with Crippen LogP contribution >= 0.6 is 0 Å². The van der Waals surface area contributed by atoms with Crippen LogP contribution in [-0.4, -0.2) is 43.5 Å². The monoisotopic (exact) mass is 374 g/mol. The zero-order valence-electron chi connectivity index (χ0n) is 15.8. The fourth-order valence-corrected chi connectivity index (χ4v) is 3.87. The SMILES string of the molecule is CCCCOc1ccc(N2C(=O)C[C@@H]([NH+]3CCC(C(N)=O)CC3)C2=O)cc1. The maximum atomic E-state index is 12.9. The molecule has 0 spiro atoms. The van der Waals surface area contributed by atoms with Crippen LogP contribution in [0.25, 0.3) is 0 Å². The van der Waals surface area contributed by atoms with Crippen molar-refractivity contribution in [2.75, 3.05) is 24.6 Å². The van der Waals surface area contributed by atoms with Gasteiger partial charge >= 0.3 is 0 Å². The minimum absolute atomic E-state index is 0.114. The van der Waals surface area contributed by atoms with E-state index in [2.05, 4.69) is 6.92 Å². The predicted octanol–water partition coefficient (Wildman–Crippen LogP) is 0.278. The lowest BCUT2D eigenvalue weighted by atomic mass is 9.95. The van der Waals surface area contributed by atoms with Crippen molar-refractivity contribution in [3.8, 4) is 5.75 Å². The maximum absolute atomic E-state index is 12.9. The third kappa shape index (κ3) is 4.30. The number of ether oxygens (including phenoxy) is 1. The number of amides is 3. The lowest BCUT2D eigenvalue weighted by molar-refractivity contribution is -0.920. The first-order chi connectivity index (χ1) is 13.0. The van der Waals surface area contributed by atoms with Gasteiger partial charge in [0, 0.05) is 18.8 Å². The third-order valence-corrected chi connectivity index (χ3v) is 5.53. The number of imide groups is 1. The fourth-order valence-electron chi connectivity index (χ4n) is 3.87. The Labute approximate surface area is 159 Å². The van der Waals surface area contributed by atoms with Gasteiger partial charge in [-0.05, 0) is 30.7 Å². The molecule has 1 aromatic rings. The number of nitrogens with zero attached hydrogens (tertiary/aromatic N) is 1. The lowest BCUT2D eigenvalue weighted by Crippen LogP contribution is -3.17. The first-order valence-electron chi connectivity index (χ1n) is 9.74. The average molecular weight is 374 g/mol. The molecule has 2 heterocycles. The molecule has 2 aliphatic rings. The highest BCUT2D eigenvalue weighted by atomic mass is 16.5. The average Bonchev–Trinajstić information content (AvgIpc) is 2.97. The van der Waals surface area contributed by atoms with Gasteiger partial charge in [-0.1, -0.05) is 13.3 Å². The van der Waals surface area contributed by atoms with E-state index in [1.54, 1.807) is 24.3 Å². The standard InChI is InChI=1S/C20H27N3O4/c1-2-3-12-27-16-6-4-15(5-7-16)23-18(24)13-17(20(23)26)22-10-8-14(9-11-22)19(21)25/h4-7,14,17H,2-3,8-13H2,1H3,(H2,21,25)/p+1/t17-/m1/s1. The summed E-state index contributed by atoms with van der Waals surface area (Å²) in [5.41, 5.74) is 5.96. The van der Waals surface area contributed by atoms with Crippen molar-refractivity contribution in [3.05, 3.63) is 24.3 Å². The molecule has 1 aromatic carbocycles. The summed E-state index contributed by atoms with van der Waals surface area (Å²) in [6.45, 7) is 4.14. The van der Waals surface area contributed by atoms with Crippen molar-refractivity contribution in [1.29, 1.82) is 0 Å². The van der Waals surface area contributed by atoms with Crippen molar-refractivity contribution < 1.29 is 24.0 Å². The lowest BCUT2D eigenvalue weighted by Gasteiger charge is -2.30. The zero-order valence-corrected chi connectivity index (χ0v) is 15.8. The Morgan fingerprint density at radius 3 is 2.48 bits per heavy atom. The van der Waals surface area contributed by atoms with Crippen LogP contribution < -0.4 is 20.3 Å². The predicted molar refractivity (Wildman–Crippen MR) is 100 cm³/mol. The van der Waals surface area contributed by atoms with Gasteiger partial charge in [0.25, 0.3) is 5.91 Å². The molecule has 3 N–H and O–H groups in total. The van der Waals surface area contributed by atoms with Crippen LogP contribution in [0, 0.1) is 5.92 Å². The van der Waals surface area contributed by atoms with Crippen molar-refractivity contribution in [2.24, 2.45) is 11.7 Å². The molecule has 0 radical (unpaired) electrons. The molecule has 0 saturated carbocycles. The van der Waals surface area contributed by atoms with Crippen molar-refractivity contribution >= 4 is 23.4 Å². The maximum Gasteiger partial charge on any atom is 0.292 e. The number of quaternary nitrogens is 1. The Hall–Kier alpha value is -2.41. The molecule has 0 aromatic heterocycles. The molecular weight excluding hydrogens is 346 g/mol. The largest absolute Gasteiger partial charge is 0.494 e. The van der Waals surface area contributed by atoms with Crippen molar-refractivity contribution in [2.45, 2.75) is 45.1 Å². The number of hydrogen-bond acceptors (Lipinski definition) is 4. The summed E-state index contributed by atoms with van der Waals surface area (Å²) in [5.74, 6) is 0.0198. The summed E-state index contributed by atoms with van der Waals surface area (Å²) in [6, 6.07) is 6.74. The van der Waals surface area contributed by atoms with E-state index in [0.717, 1.165) is 23.5 Å². The number of nitrogens with two attached hydrogens (primary N) is 1. The topological polar surface area (TPSA) is 94.1 Å². The van der Waals surface area contributed by atoms with Gasteiger partial charge in [-0.3, -0.25) is 14.4 Å². The third-order valence-electron chi connectivity index (χ3n) is 5.53. The molecule has 146 valence electrons. The Morgan fingerprint density at radius 2 is 1.89 bits per heavy atom. The van der Waals surface area contributed by atoms with Gasteiger partial charge in [-0.15, -0.1) is 0 Å². The minimum Gasteiger partial charge on any atom is -0.494 e. The molecule has 3 amide bonds. The molecule has 0 aliphatic carbocycles. The smallest absolute Gasteiger partial charge is 0.292 e. The first kappa shape index (κ1) is 19.4. The molecular formula is C20H28N3O4+. The molecule has 2 fully saturated rings. The van der Waals surface area contributed by atoms with Gasteiger partial charge in [0.2, 0.25) is 11.8 Å². The fraction of sp³-hybridized carbons (Fsp3) is 0.550. The second-order valence-corrected chi connectivity index (χ2v) is 7.35. The Kier molecular flexibility index (Phi) is 6.11. The summed E-state index contributed by atoms with van der Waals surface area (Å²) in [5, 5.41) is 0. The van der Waals surface area contributed by atoms with Crippen LogP contribution in [0.3, 0.4) is 0 Å². The number of unbranched alkanes of at least 4 members (excludes halogenated alkanes) is 1. The summed E-state index contributed by atoms with van der Waals surface area (Å²) in [4.78, 5) is 39.1. The van der Waals surface area contributed by atoms with Gasteiger partial charge in [0.1, 0.15) is 5.75 Å². The van der Waals surface area contributed by atoms with Crippen LogP contribution in [0.15, 0.2) is 24.3 Å². The summed E-state index contributed by atoms with van der Waals surface area (Å²) < 4.78 is 5.63. The van der Waals surface area contributed by atoms with E-state index in [1.165, 1.54) is 4.90 Å². The van der Waals surface area contributed by atoms with E-state index < -0.39 is 0 Å². The Morgan fingerprint density at radius 1 is 1.22 bits per heavy atom. The van der Waals surface area contributed by atoms with E-state index in [4.69, 9.17) is 10.5 Å². The molecule has 27 heavy (non-hydrogen) atoms. The molecule has 2 saturated heterocycles. The van der Waals surface area contributed by atoms with E-state index in [9.17, 15) is 14.4 Å². The van der Waals surface area contributed by atoms with Gasteiger partial charge in [0.05, 0.1) is 31.8 Å². The highest BCUT2D eigenvalue weighted by molar-refractivity contribution is 6.21. The van der Waals surface area contributed by atoms with E-state index in [1.807, 2.05) is 0 Å². The van der Waals surface area contributed by atoms with Crippen LogP contribution in [0.2, 0.25) is 0 Å². The van der Waals surface area contributed by atoms with Gasteiger partial charge in [0.15, 0.2) is 6.04 Å².